The zero-order chi connectivity index (χ0) is 22.3. The highest BCUT2D eigenvalue weighted by atomic mass is 32.2. The number of aromatic nitrogens is 4. The number of anilines is 1. The number of thioether (sulfide) groups is 1. The molecule has 162 valence electrons. The van der Waals surface area contributed by atoms with Crippen molar-refractivity contribution in [3.05, 3.63) is 90.3 Å². The summed E-state index contributed by atoms with van der Waals surface area (Å²) in [5.74, 6) is 0.682. The van der Waals surface area contributed by atoms with Crippen molar-refractivity contribution in [3.8, 4) is 11.4 Å². The third-order valence-corrected chi connectivity index (χ3v) is 6.15. The largest absolute Gasteiger partial charge is 0.325 e. The summed E-state index contributed by atoms with van der Waals surface area (Å²) in [6.07, 6.45) is 4.36. The summed E-state index contributed by atoms with van der Waals surface area (Å²) in [5.41, 5.74) is 4.07. The van der Waals surface area contributed by atoms with Gasteiger partial charge in [0, 0.05) is 30.2 Å². The molecule has 0 aliphatic heterocycles. The van der Waals surface area contributed by atoms with Gasteiger partial charge >= 0.3 is 0 Å². The van der Waals surface area contributed by atoms with E-state index in [1.165, 1.54) is 17.3 Å². The van der Waals surface area contributed by atoms with E-state index in [9.17, 15) is 4.79 Å². The number of pyridine rings is 1. The SMILES string of the molecule is Cc1ccc(NC(=O)C(C)Sc2nnc(-c3cccnc3)n2CCc2ccccc2)cc1. The van der Waals surface area contributed by atoms with E-state index in [2.05, 4.69) is 37.2 Å². The number of carbonyl (C=O) groups is 1. The normalized spacial score (nSPS) is 11.8. The number of nitrogens with zero attached hydrogens (tertiary/aromatic N) is 4. The summed E-state index contributed by atoms with van der Waals surface area (Å²) in [7, 11) is 0. The van der Waals surface area contributed by atoms with E-state index in [1.807, 2.05) is 68.4 Å². The highest BCUT2D eigenvalue weighted by Crippen LogP contribution is 2.27. The number of carbonyl (C=O) groups excluding carboxylic acids is 1. The van der Waals surface area contributed by atoms with Crippen molar-refractivity contribution in [1.82, 2.24) is 19.7 Å². The van der Waals surface area contributed by atoms with E-state index in [0.29, 0.717) is 11.7 Å². The molecule has 7 heteroatoms. The Kier molecular flexibility index (Phi) is 6.97. The number of benzene rings is 2. The molecule has 4 rings (SSSR count). The topological polar surface area (TPSA) is 72.7 Å². The molecule has 0 aliphatic carbocycles. The molecular formula is C25H25N5OS. The zero-order valence-electron chi connectivity index (χ0n) is 18.1. The summed E-state index contributed by atoms with van der Waals surface area (Å²) in [6, 6.07) is 21.9. The Bertz CT molecular complexity index is 1160. The van der Waals surface area contributed by atoms with Crippen LogP contribution in [-0.2, 0) is 17.8 Å². The minimum absolute atomic E-state index is 0.0700. The van der Waals surface area contributed by atoms with E-state index < -0.39 is 0 Å². The maximum absolute atomic E-state index is 12.8. The fraction of sp³-hybridized carbons (Fsp3) is 0.200. The number of aryl methyl sites for hydroxylation is 2. The summed E-state index contributed by atoms with van der Waals surface area (Å²) in [4.78, 5) is 17.0. The first kappa shape index (κ1) is 21.8. The Morgan fingerprint density at radius 1 is 1.03 bits per heavy atom. The molecule has 0 saturated carbocycles. The van der Waals surface area contributed by atoms with Crippen molar-refractivity contribution >= 4 is 23.4 Å². The molecule has 1 unspecified atom stereocenters. The molecule has 32 heavy (non-hydrogen) atoms. The Hall–Kier alpha value is -3.45. The van der Waals surface area contributed by atoms with Crippen LogP contribution in [0.25, 0.3) is 11.4 Å². The standard InChI is InChI=1S/C25H25N5OS/c1-18-10-12-22(13-11-18)27-24(31)19(2)32-25-29-28-23(21-9-6-15-26-17-21)30(25)16-14-20-7-4-3-5-8-20/h3-13,15,17,19H,14,16H2,1-2H3,(H,27,31). The van der Waals surface area contributed by atoms with Crippen LogP contribution in [0.3, 0.4) is 0 Å². The van der Waals surface area contributed by atoms with Gasteiger partial charge in [0.25, 0.3) is 0 Å². The second kappa shape index (κ2) is 10.2. The lowest BCUT2D eigenvalue weighted by atomic mass is 10.1. The van der Waals surface area contributed by atoms with Crippen molar-refractivity contribution in [2.75, 3.05) is 5.32 Å². The first-order valence-electron chi connectivity index (χ1n) is 10.5. The van der Waals surface area contributed by atoms with Gasteiger partial charge in [-0.1, -0.05) is 59.8 Å². The Balaban J connectivity index is 1.53. The van der Waals surface area contributed by atoms with Gasteiger partial charge in [0.05, 0.1) is 5.25 Å². The fourth-order valence-electron chi connectivity index (χ4n) is 3.26. The van der Waals surface area contributed by atoms with Crippen molar-refractivity contribution in [1.29, 1.82) is 0 Å². The van der Waals surface area contributed by atoms with Crippen LogP contribution >= 0.6 is 11.8 Å². The number of rotatable bonds is 8. The van der Waals surface area contributed by atoms with Crippen LogP contribution in [0.5, 0.6) is 0 Å². The average Bonchev–Trinajstić information content (AvgIpc) is 3.22. The van der Waals surface area contributed by atoms with Gasteiger partial charge in [0.1, 0.15) is 0 Å². The van der Waals surface area contributed by atoms with Gasteiger partial charge < -0.3 is 9.88 Å². The van der Waals surface area contributed by atoms with E-state index >= 15 is 0 Å². The van der Waals surface area contributed by atoms with Crippen LogP contribution in [0.1, 0.15) is 18.1 Å². The first-order chi connectivity index (χ1) is 15.6. The molecule has 1 N–H and O–H groups in total. The molecule has 0 fully saturated rings. The third-order valence-electron chi connectivity index (χ3n) is 5.07. The number of hydrogen-bond donors (Lipinski definition) is 1. The summed E-state index contributed by atoms with van der Waals surface area (Å²) in [6.45, 7) is 4.61. The number of amides is 1. The molecule has 2 aromatic heterocycles. The van der Waals surface area contributed by atoms with Crippen molar-refractivity contribution in [3.63, 3.8) is 0 Å². The predicted octanol–water partition coefficient (Wildman–Crippen LogP) is 5.01. The van der Waals surface area contributed by atoms with Crippen molar-refractivity contribution in [2.24, 2.45) is 0 Å². The lowest BCUT2D eigenvalue weighted by Gasteiger charge is -2.14. The highest BCUT2D eigenvalue weighted by Gasteiger charge is 2.21. The van der Waals surface area contributed by atoms with Crippen molar-refractivity contribution < 1.29 is 4.79 Å². The molecule has 0 spiro atoms. The quantitative estimate of drug-likeness (QED) is 0.388. The number of nitrogens with one attached hydrogen (secondary N) is 1. The predicted molar refractivity (Wildman–Crippen MR) is 129 cm³/mol. The van der Waals surface area contributed by atoms with Crippen LogP contribution < -0.4 is 5.32 Å². The van der Waals surface area contributed by atoms with Crippen LogP contribution in [0.2, 0.25) is 0 Å². The zero-order valence-corrected chi connectivity index (χ0v) is 18.9. The monoisotopic (exact) mass is 443 g/mol. The summed E-state index contributed by atoms with van der Waals surface area (Å²) >= 11 is 1.41. The van der Waals surface area contributed by atoms with E-state index in [-0.39, 0.29) is 11.2 Å². The van der Waals surface area contributed by atoms with Crippen LogP contribution in [0.15, 0.2) is 84.3 Å². The van der Waals surface area contributed by atoms with Gasteiger partial charge in [-0.2, -0.15) is 0 Å². The Labute approximate surface area is 192 Å². The summed E-state index contributed by atoms with van der Waals surface area (Å²) < 4.78 is 2.07. The minimum atomic E-state index is -0.335. The van der Waals surface area contributed by atoms with Gasteiger partial charge in [-0.05, 0) is 50.1 Å². The van der Waals surface area contributed by atoms with E-state index in [4.69, 9.17) is 0 Å². The van der Waals surface area contributed by atoms with Crippen LogP contribution in [0, 0.1) is 6.92 Å². The molecule has 2 heterocycles. The molecule has 0 bridgehead atoms. The molecule has 0 aliphatic rings. The molecular weight excluding hydrogens is 418 g/mol. The smallest absolute Gasteiger partial charge is 0.237 e. The Morgan fingerprint density at radius 3 is 2.53 bits per heavy atom. The van der Waals surface area contributed by atoms with E-state index in [1.54, 1.807) is 12.4 Å². The van der Waals surface area contributed by atoms with Gasteiger partial charge in [-0.25, -0.2) is 0 Å². The molecule has 2 aromatic carbocycles. The lowest BCUT2D eigenvalue weighted by molar-refractivity contribution is -0.115. The van der Waals surface area contributed by atoms with Crippen LogP contribution in [0.4, 0.5) is 5.69 Å². The van der Waals surface area contributed by atoms with Crippen molar-refractivity contribution in [2.45, 2.75) is 37.2 Å². The maximum atomic E-state index is 12.8. The van der Waals surface area contributed by atoms with E-state index in [0.717, 1.165) is 29.1 Å². The highest BCUT2D eigenvalue weighted by molar-refractivity contribution is 8.00. The molecule has 6 nitrogen and oxygen atoms in total. The Morgan fingerprint density at radius 2 is 1.81 bits per heavy atom. The maximum Gasteiger partial charge on any atom is 0.237 e. The molecule has 1 atom stereocenters. The minimum Gasteiger partial charge on any atom is -0.325 e. The van der Waals surface area contributed by atoms with Gasteiger partial charge in [-0.15, -0.1) is 10.2 Å². The second-order valence-electron chi connectivity index (χ2n) is 7.55. The van der Waals surface area contributed by atoms with Crippen LogP contribution in [-0.4, -0.2) is 30.9 Å². The average molecular weight is 444 g/mol. The van der Waals surface area contributed by atoms with Gasteiger partial charge in [-0.3, -0.25) is 9.78 Å². The number of hydrogen-bond acceptors (Lipinski definition) is 5. The fourth-order valence-corrected chi connectivity index (χ4v) is 4.14. The molecule has 1 amide bonds. The summed E-state index contributed by atoms with van der Waals surface area (Å²) in [5, 5.41) is 12.2. The van der Waals surface area contributed by atoms with Gasteiger partial charge in [0.2, 0.25) is 5.91 Å². The first-order valence-corrected chi connectivity index (χ1v) is 11.4. The lowest BCUT2D eigenvalue weighted by Crippen LogP contribution is -2.23. The second-order valence-corrected chi connectivity index (χ2v) is 8.86. The molecule has 4 aromatic rings. The molecule has 0 radical (unpaired) electrons. The third kappa shape index (κ3) is 5.42. The van der Waals surface area contributed by atoms with Gasteiger partial charge in [0.15, 0.2) is 11.0 Å². The molecule has 0 saturated heterocycles.